The number of pyridine rings is 1. The fraction of sp³-hybridized carbons (Fsp3) is 0.143. The van der Waals surface area contributed by atoms with Crippen LogP contribution in [0.25, 0.3) is 28.3 Å². The fourth-order valence-electron chi connectivity index (χ4n) is 3.21. The number of esters is 1. The van der Waals surface area contributed by atoms with E-state index in [9.17, 15) is 26.7 Å². The fourth-order valence-corrected chi connectivity index (χ4v) is 3.21. The van der Waals surface area contributed by atoms with E-state index in [1.807, 2.05) is 0 Å². The number of nitrogens with zero attached hydrogens (tertiary/aromatic N) is 4. The molecule has 0 amide bonds. The number of benzene rings is 1. The maximum atomic E-state index is 14.3. The topological polar surface area (TPSA) is 83.0 Å². The molecule has 0 saturated carbocycles. The van der Waals surface area contributed by atoms with E-state index in [4.69, 9.17) is 9.26 Å². The van der Waals surface area contributed by atoms with Crippen LogP contribution in [0.3, 0.4) is 0 Å². The Labute approximate surface area is 182 Å². The number of aromatic nitrogens is 4. The maximum Gasteiger partial charge on any atom is 0.434 e. The van der Waals surface area contributed by atoms with Gasteiger partial charge in [-0.05, 0) is 25.1 Å². The number of halogens is 5. The molecule has 4 rings (SSSR count). The van der Waals surface area contributed by atoms with E-state index in [-0.39, 0.29) is 17.9 Å². The van der Waals surface area contributed by atoms with Gasteiger partial charge in [0.25, 0.3) is 0 Å². The minimum atomic E-state index is -5.05. The van der Waals surface area contributed by atoms with Crippen molar-refractivity contribution in [1.82, 2.24) is 19.9 Å². The van der Waals surface area contributed by atoms with Crippen LogP contribution in [-0.2, 0) is 10.9 Å². The number of rotatable bonds is 5. The van der Waals surface area contributed by atoms with Crippen LogP contribution in [0.4, 0.5) is 22.0 Å². The highest BCUT2D eigenvalue weighted by Gasteiger charge is 2.42. The Bertz CT molecular complexity index is 1330. The van der Waals surface area contributed by atoms with Gasteiger partial charge in [-0.3, -0.25) is 4.98 Å². The zero-order chi connectivity index (χ0) is 23.8. The first kappa shape index (κ1) is 22.1. The monoisotopic (exact) mass is 464 g/mol. The highest BCUT2D eigenvalue weighted by Crippen LogP contribution is 2.42. The number of hydrogen-bond donors (Lipinski definition) is 0. The normalized spacial score (nSPS) is 11.6. The van der Waals surface area contributed by atoms with Crippen molar-refractivity contribution in [2.24, 2.45) is 0 Å². The summed E-state index contributed by atoms with van der Waals surface area (Å²) in [7, 11) is 0. The van der Waals surface area contributed by atoms with E-state index >= 15 is 0 Å². The minimum absolute atomic E-state index is 0.123. The van der Waals surface area contributed by atoms with Crippen LogP contribution in [0.5, 0.6) is 0 Å². The molecule has 3 heterocycles. The quantitative estimate of drug-likeness (QED) is 0.303. The lowest BCUT2D eigenvalue weighted by Crippen LogP contribution is -2.16. The highest BCUT2D eigenvalue weighted by molar-refractivity contribution is 6.02. The Kier molecular flexibility index (Phi) is 5.66. The Hall–Kier alpha value is -4.09. The predicted octanol–water partition coefficient (Wildman–Crippen LogP) is 5.06. The third-order valence-corrected chi connectivity index (χ3v) is 4.56. The molecule has 1 aromatic carbocycles. The second-order valence-corrected chi connectivity index (χ2v) is 6.58. The molecule has 0 aliphatic rings. The van der Waals surface area contributed by atoms with E-state index in [2.05, 4.69) is 15.2 Å². The van der Waals surface area contributed by atoms with Crippen LogP contribution in [0.15, 0.2) is 53.4 Å². The zero-order valence-corrected chi connectivity index (χ0v) is 16.7. The molecule has 0 aliphatic heterocycles. The number of hydrogen-bond acceptors (Lipinski definition) is 6. The standard InChI is InChI=1S/C21H13F5N4O3/c1-2-32-20(31)16-17(11-7-8-27-10-14(11)23)29-33-18(16)12-9-28-30(19(12)21(24,25)26)15-6-4-3-5-13(15)22/h3-10H,2H2,1H3. The minimum Gasteiger partial charge on any atom is -0.462 e. The molecule has 0 unspecified atom stereocenters. The molecule has 170 valence electrons. The first-order valence-electron chi connectivity index (χ1n) is 9.41. The largest absolute Gasteiger partial charge is 0.462 e. The van der Waals surface area contributed by atoms with Crippen LogP contribution >= 0.6 is 0 Å². The van der Waals surface area contributed by atoms with Gasteiger partial charge in [0, 0.05) is 11.8 Å². The van der Waals surface area contributed by atoms with E-state index in [1.54, 1.807) is 0 Å². The first-order valence-corrected chi connectivity index (χ1v) is 9.41. The van der Waals surface area contributed by atoms with Crippen LogP contribution in [0, 0.1) is 11.6 Å². The summed E-state index contributed by atoms with van der Waals surface area (Å²) in [6, 6.07) is 5.89. The van der Waals surface area contributed by atoms with Crippen molar-refractivity contribution >= 4 is 5.97 Å². The van der Waals surface area contributed by atoms with Crippen molar-refractivity contribution in [3.8, 4) is 28.3 Å². The average Bonchev–Trinajstić information content (AvgIpc) is 3.39. The molecule has 3 aromatic heterocycles. The van der Waals surface area contributed by atoms with Crippen molar-refractivity contribution < 1.29 is 36.0 Å². The summed E-state index contributed by atoms with van der Waals surface area (Å²) in [5, 5.41) is 7.30. The van der Waals surface area contributed by atoms with Crippen LogP contribution in [0.2, 0.25) is 0 Å². The molecule has 0 radical (unpaired) electrons. The van der Waals surface area contributed by atoms with Gasteiger partial charge in [-0.2, -0.15) is 18.3 Å². The molecule has 0 fully saturated rings. The van der Waals surface area contributed by atoms with Gasteiger partial charge in [0.2, 0.25) is 0 Å². The van der Waals surface area contributed by atoms with E-state index in [1.165, 1.54) is 31.3 Å². The predicted molar refractivity (Wildman–Crippen MR) is 103 cm³/mol. The summed E-state index contributed by atoms with van der Waals surface area (Å²) >= 11 is 0. The lowest BCUT2D eigenvalue weighted by Gasteiger charge is -2.13. The van der Waals surface area contributed by atoms with Gasteiger partial charge >= 0.3 is 12.1 Å². The molecular formula is C21H13F5N4O3. The number of carbonyl (C=O) groups excluding carboxylic acids is 1. The molecule has 0 N–H and O–H groups in total. The van der Waals surface area contributed by atoms with Crippen molar-refractivity contribution in [3.05, 3.63) is 71.8 Å². The molecule has 0 aliphatic carbocycles. The summed E-state index contributed by atoms with van der Waals surface area (Å²) in [6.45, 7) is 1.36. The van der Waals surface area contributed by atoms with Gasteiger partial charge < -0.3 is 9.26 Å². The first-order chi connectivity index (χ1) is 15.7. The highest BCUT2D eigenvalue weighted by atomic mass is 19.4. The average molecular weight is 464 g/mol. The Balaban J connectivity index is 2.00. The van der Waals surface area contributed by atoms with E-state index in [0.717, 1.165) is 24.5 Å². The molecule has 12 heteroatoms. The van der Waals surface area contributed by atoms with Gasteiger partial charge in [0.1, 0.15) is 22.8 Å². The molecule has 0 saturated heterocycles. The summed E-state index contributed by atoms with van der Waals surface area (Å²) in [5.74, 6) is -3.59. The molecular weight excluding hydrogens is 451 g/mol. The Morgan fingerprint density at radius 1 is 1.09 bits per heavy atom. The Morgan fingerprint density at radius 3 is 2.52 bits per heavy atom. The molecule has 4 aromatic rings. The smallest absolute Gasteiger partial charge is 0.434 e. The van der Waals surface area contributed by atoms with Crippen molar-refractivity contribution in [2.45, 2.75) is 13.1 Å². The van der Waals surface area contributed by atoms with Crippen LogP contribution in [0.1, 0.15) is 23.0 Å². The second kappa shape index (κ2) is 8.45. The van der Waals surface area contributed by atoms with Gasteiger partial charge in [-0.25, -0.2) is 18.3 Å². The second-order valence-electron chi connectivity index (χ2n) is 6.58. The third-order valence-electron chi connectivity index (χ3n) is 4.56. The molecule has 0 bridgehead atoms. The lowest BCUT2D eigenvalue weighted by atomic mass is 10.0. The Morgan fingerprint density at radius 2 is 1.85 bits per heavy atom. The van der Waals surface area contributed by atoms with Crippen molar-refractivity contribution in [1.29, 1.82) is 0 Å². The summed E-state index contributed by atoms with van der Waals surface area (Å²) < 4.78 is 81.2. The zero-order valence-electron chi connectivity index (χ0n) is 16.7. The lowest BCUT2D eigenvalue weighted by molar-refractivity contribution is -0.142. The van der Waals surface area contributed by atoms with Gasteiger partial charge in [0.05, 0.1) is 24.6 Å². The van der Waals surface area contributed by atoms with Crippen LogP contribution < -0.4 is 0 Å². The van der Waals surface area contributed by atoms with Crippen LogP contribution in [-0.4, -0.2) is 32.5 Å². The molecule has 0 atom stereocenters. The molecule has 0 spiro atoms. The van der Waals surface area contributed by atoms with Gasteiger partial charge in [-0.1, -0.05) is 17.3 Å². The summed E-state index contributed by atoms with van der Waals surface area (Å²) in [4.78, 5) is 16.3. The van der Waals surface area contributed by atoms with E-state index in [0.29, 0.717) is 4.68 Å². The van der Waals surface area contributed by atoms with Gasteiger partial charge in [0.15, 0.2) is 17.3 Å². The third kappa shape index (κ3) is 3.95. The number of para-hydroxylation sites is 1. The van der Waals surface area contributed by atoms with Gasteiger partial charge in [-0.15, -0.1) is 0 Å². The summed E-state index contributed by atoms with van der Waals surface area (Å²) in [6.07, 6.45) is -2.24. The molecule has 33 heavy (non-hydrogen) atoms. The maximum absolute atomic E-state index is 14.3. The van der Waals surface area contributed by atoms with Crippen molar-refractivity contribution in [2.75, 3.05) is 6.61 Å². The van der Waals surface area contributed by atoms with Crippen molar-refractivity contribution in [3.63, 3.8) is 0 Å². The number of alkyl halides is 3. The van der Waals surface area contributed by atoms with E-state index < -0.39 is 52.0 Å². The summed E-state index contributed by atoms with van der Waals surface area (Å²) in [5.41, 5.74) is -3.76. The number of ether oxygens (including phenoxy) is 1. The molecule has 7 nitrogen and oxygen atoms in total. The SMILES string of the molecule is CCOC(=O)c1c(-c2ccncc2F)noc1-c1cnn(-c2ccccc2F)c1C(F)(F)F. The number of carbonyl (C=O) groups is 1.